The van der Waals surface area contributed by atoms with Gasteiger partial charge >= 0.3 is 0 Å². The summed E-state index contributed by atoms with van der Waals surface area (Å²) < 4.78 is 1.70. The summed E-state index contributed by atoms with van der Waals surface area (Å²) in [5.74, 6) is 0.649. The highest BCUT2D eigenvalue weighted by atomic mass is 16.1. The molecule has 7 nitrogen and oxygen atoms in total. The largest absolute Gasteiger partial charge is 0.270 e. The molecule has 2 aromatic heterocycles. The molecule has 1 N–H and O–H groups in total. The Morgan fingerprint density at radius 2 is 1.48 bits per heavy atom. The summed E-state index contributed by atoms with van der Waals surface area (Å²) in [5.41, 5.74) is 3.45. The van der Waals surface area contributed by atoms with E-state index in [0.29, 0.717) is 23.3 Å². The molecule has 1 unspecified atom stereocenters. The smallest absolute Gasteiger partial charge is 0.267 e. The van der Waals surface area contributed by atoms with E-state index in [2.05, 4.69) is 27.4 Å². The fourth-order valence-corrected chi connectivity index (χ4v) is 4.17. The molecule has 1 atom stereocenters. The Kier molecular flexibility index (Phi) is 3.92. The predicted octanol–water partition coefficient (Wildman–Crippen LogP) is 3.93. The summed E-state index contributed by atoms with van der Waals surface area (Å²) >= 11 is 0. The third-order valence-corrected chi connectivity index (χ3v) is 5.65. The van der Waals surface area contributed by atoms with E-state index in [1.165, 1.54) is 0 Å². The van der Waals surface area contributed by atoms with Crippen LogP contribution in [0.15, 0.2) is 94.8 Å². The first-order valence-corrected chi connectivity index (χ1v) is 10.1. The van der Waals surface area contributed by atoms with E-state index in [9.17, 15) is 4.79 Å². The monoisotopic (exact) mass is 406 g/mol. The molecule has 0 radical (unpaired) electrons. The van der Waals surface area contributed by atoms with Crippen LogP contribution in [-0.4, -0.2) is 25.5 Å². The normalized spacial score (nSPS) is 16.2. The van der Waals surface area contributed by atoms with Gasteiger partial charge in [-0.15, -0.1) is 10.2 Å². The van der Waals surface area contributed by atoms with Crippen molar-refractivity contribution in [1.82, 2.24) is 19.8 Å². The second-order valence-electron chi connectivity index (χ2n) is 7.52. The van der Waals surface area contributed by atoms with Crippen molar-refractivity contribution in [2.24, 2.45) is 5.10 Å². The number of hydrazone groups is 1. The molecule has 150 valence electrons. The van der Waals surface area contributed by atoms with Crippen molar-refractivity contribution in [3.8, 4) is 0 Å². The van der Waals surface area contributed by atoms with E-state index >= 15 is 0 Å². The van der Waals surface area contributed by atoms with Gasteiger partial charge in [-0.1, -0.05) is 66.7 Å². The van der Waals surface area contributed by atoms with Crippen LogP contribution in [0.25, 0.3) is 16.4 Å². The molecule has 0 saturated heterocycles. The zero-order valence-electron chi connectivity index (χ0n) is 16.5. The molecule has 3 heterocycles. The minimum Gasteiger partial charge on any atom is -0.267 e. The lowest BCUT2D eigenvalue weighted by Crippen LogP contribution is -2.23. The van der Waals surface area contributed by atoms with Crippen LogP contribution in [0.4, 0.5) is 5.69 Å². The Morgan fingerprint density at radius 3 is 2.26 bits per heavy atom. The molecular weight excluding hydrogens is 388 g/mol. The number of H-pyrrole nitrogens is 1. The van der Waals surface area contributed by atoms with Gasteiger partial charge in [0, 0.05) is 11.8 Å². The Balaban J connectivity index is 1.53. The SMILES string of the molecule is O=c1[nH]n2c(C3CC(c4ccccc4)=NN3c3ccccc3)nnc2c2ccccc12. The van der Waals surface area contributed by atoms with Gasteiger partial charge in [-0.25, -0.2) is 4.52 Å². The Bertz CT molecular complexity index is 1490. The molecular formula is C24H18N6O. The van der Waals surface area contributed by atoms with Gasteiger partial charge in [-0.2, -0.15) is 5.10 Å². The molecule has 31 heavy (non-hydrogen) atoms. The maximum absolute atomic E-state index is 12.7. The Morgan fingerprint density at radius 1 is 0.806 bits per heavy atom. The topological polar surface area (TPSA) is 78.6 Å². The number of aromatic amines is 1. The highest BCUT2D eigenvalue weighted by molar-refractivity contribution is 6.03. The molecule has 0 saturated carbocycles. The van der Waals surface area contributed by atoms with Gasteiger partial charge in [-0.3, -0.25) is 14.9 Å². The van der Waals surface area contributed by atoms with Crippen LogP contribution < -0.4 is 10.6 Å². The number of rotatable bonds is 3. The van der Waals surface area contributed by atoms with Crippen LogP contribution in [-0.2, 0) is 0 Å². The third-order valence-electron chi connectivity index (χ3n) is 5.65. The van der Waals surface area contributed by atoms with E-state index < -0.39 is 0 Å². The average molecular weight is 406 g/mol. The molecule has 0 fully saturated rings. The van der Waals surface area contributed by atoms with Gasteiger partial charge in [-0.05, 0) is 23.8 Å². The summed E-state index contributed by atoms with van der Waals surface area (Å²) in [6, 6.07) is 27.4. The molecule has 5 aromatic rings. The molecule has 7 heteroatoms. The van der Waals surface area contributed by atoms with Crippen molar-refractivity contribution >= 4 is 27.8 Å². The summed E-state index contributed by atoms with van der Waals surface area (Å²) in [6.07, 6.45) is 0.647. The van der Waals surface area contributed by atoms with E-state index in [1.54, 1.807) is 10.6 Å². The van der Waals surface area contributed by atoms with Crippen molar-refractivity contribution in [2.75, 3.05) is 5.01 Å². The first kappa shape index (κ1) is 17.6. The number of hydrogen-bond acceptors (Lipinski definition) is 5. The minimum absolute atomic E-state index is 0.169. The average Bonchev–Trinajstić information content (AvgIpc) is 3.45. The second kappa shape index (κ2) is 6.91. The fourth-order valence-electron chi connectivity index (χ4n) is 4.17. The van der Waals surface area contributed by atoms with Gasteiger partial charge in [0.1, 0.15) is 6.04 Å². The van der Waals surface area contributed by atoms with Crippen LogP contribution >= 0.6 is 0 Å². The van der Waals surface area contributed by atoms with Crippen molar-refractivity contribution < 1.29 is 0 Å². The molecule has 0 aliphatic carbocycles. The number of benzene rings is 3. The molecule has 6 rings (SSSR count). The number of aromatic nitrogens is 4. The summed E-state index contributed by atoms with van der Waals surface area (Å²) in [4.78, 5) is 12.7. The minimum atomic E-state index is -0.204. The molecule has 3 aromatic carbocycles. The highest BCUT2D eigenvalue weighted by Gasteiger charge is 2.34. The maximum atomic E-state index is 12.7. The first-order valence-electron chi connectivity index (χ1n) is 10.1. The number of para-hydroxylation sites is 1. The Labute approximate surface area is 177 Å². The summed E-state index contributed by atoms with van der Waals surface area (Å²) in [5, 5.41) is 20.1. The van der Waals surface area contributed by atoms with Crippen LogP contribution in [0.5, 0.6) is 0 Å². The van der Waals surface area contributed by atoms with E-state index in [-0.39, 0.29) is 11.6 Å². The summed E-state index contributed by atoms with van der Waals surface area (Å²) in [7, 11) is 0. The third kappa shape index (κ3) is 2.82. The molecule has 0 spiro atoms. The van der Waals surface area contributed by atoms with Crippen LogP contribution in [0.2, 0.25) is 0 Å². The van der Waals surface area contributed by atoms with Crippen molar-refractivity contribution in [3.63, 3.8) is 0 Å². The van der Waals surface area contributed by atoms with Crippen molar-refractivity contribution in [3.05, 3.63) is 107 Å². The van der Waals surface area contributed by atoms with Gasteiger partial charge in [0.15, 0.2) is 11.5 Å². The number of anilines is 1. The van der Waals surface area contributed by atoms with E-state index in [4.69, 9.17) is 5.10 Å². The van der Waals surface area contributed by atoms with Gasteiger partial charge in [0.25, 0.3) is 5.56 Å². The maximum Gasteiger partial charge on any atom is 0.270 e. The number of hydrogen-bond donors (Lipinski definition) is 1. The molecule has 0 bridgehead atoms. The highest BCUT2D eigenvalue weighted by Crippen LogP contribution is 2.36. The first-order chi connectivity index (χ1) is 15.3. The standard InChI is InChI=1S/C24H18N6O/c31-24-19-14-8-7-13-18(19)22-25-26-23(30(22)28-24)21-15-20(16-9-3-1-4-10-16)27-29(21)17-11-5-2-6-12-17/h1-14,21H,15H2,(H,28,31). The lowest BCUT2D eigenvalue weighted by Gasteiger charge is -2.22. The molecule has 1 aliphatic heterocycles. The van der Waals surface area contributed by atoms with Crippen LogP contribution in [0.1, 0.15) is 23.9 Å². The lowest BCUT2D eigenvalue weighted by atomic mass is 10.0. The number of nitrogens with one attached hydrogen (secondary N) is 1. The van der Waals surface area contributed by atoms with E-state index in [1.807, 2.05) is 71.7 Å². The second-order valence-corrected chi connectivity index (χ2v) is 7.52. The molecule has 1 aliphatic rings. The van der Waals surface area contributed by atoms with Gasteiger partial charge < -0.3 is 0 Å². The summed E-state index contributed by atoms with van der Waals surface area (Å²) in [6.45, 7) is 0. The quantitative estimate of drug-likeness (QED) is 0.492. The zero-order chi connectivity index (χ0) is 20.8. The van der Waals surface area contributed by atoms with Crippen LogP contribution in [0.3, 0.4) is 0 Å². The number of fused-ring (bicyclic) bond motifs is 3. The van der Waals surface area contributed by atoms with Gasteiger partial charge in [0.2, 0.25) is 0 Å². The zero-order valence-corrected chi connectivity index (χ0v) is 16.5. The van der Waals surface area contributed by atoms with Crippen LogP contribution in [0, 0.1) is 0 Å². The van der Waals surface area contributed by atoms with Gasteiger partial charge in [0.05, 0.1) is 16.8 Å². The van der Waals surface area contributed by atoms with Crippen molar-refractivity contribution in [1.29, 1.82) is 0 Å². The Hall–Kier alpha value is -4.26. The van der Waals surface area contributed by atoms with E-state index in [0.717, 1.165) is 22.3 Å². The lowest BCUT2D eigenvalue weighted by molar-refractivity contribution is 0.631. The fraction of sp³-hybridized carbons (Fsp3) is 0.0833. The molecule has 0 amide bonds. The predicted molar refractivity (Wildman–Crippen MR) is 120 cm³/mol. The van der Waals surface area contributed by atoms with Crippen molar-refractivity contribution in [2.45, 2.75) is 12.5 Å². The number of nitrogens with zero attached hydrogens (tertiary/aromatic N) is 5.